The quantitative estimate of drug-likeness (QED) is 0.698. The zero-order chi connectivity index (χ0) is 19.3. The second-order valence-electron chi connectivity index (χ2n) is 5.62. The Morgan fingerprint density at radius 3 is 2.00 bits per heavy atom. The second-order valence-corrected chi connectivity index (χ2v) is 5.62. The van der Waals surface area contributed by atoms with Crippen LogP contribution in [0.15, 0.2) is 42.5 Å². The monoisotopic (exact) mass is 363 g/mol. The average Bonchev–Trinajstić information content (AvgIpc) is 2.53. The highest BCUT2D eigenvalue weighted by Gasteiger charge is 2.21. The molecule has 0 bridgehead atoms. The molecule has 0 aliphatic carbocycles. The third-order valence-corrected chi connectivity index (χ3v) is 3.56. The molecule has 3 N–H and O–H groups in total. The summed E-state index contributed by atoms with van der Waals surface area (Å²) in [7, 11) is 0. The van der Waals surface area contributed by atoms with Crippen molar-refractivity contribution >= 4 is 17.8 Å². The van der Waals surface area contributed by atoms with Crippen LogP contribution < -0.4 is 5.32 Å². The second kappa shape index (κ2) is 8.19. The van der Waals surface area contributed by atoms with Crippen LogP contribution in [0.3, 0.4) is 0 Å². The summed E-state index contributed by atoms with van der Waals surface area (Å²) in [4.78, 5) is 34.1. The number of hydrogen-bond donors (Lipinski definition) is 3. The Morgan fingerprint density at radius 1 is 0.923 bits per heavy atom. The zero-order valence-electron chi connectivity index (χ0n) is 13.4. The molecule has 6 nitrogen and oxygen atoms in total. The topological polar surface area (TPSA) is 104 Å². The lowest BCUT2D eigenvalue weighted by atomic mass is 10.0. The van der Waals surface area contributed by atoms with Crippen LogP contribution >= 0.6 is 0 Å². The molecule has 0 fully saturated rings. The van der Waals surface area contributed by atoms with Gasteiger partial charge in [-0.15, -0.1) is 0 Å². The van der Waals surface area contributed by atoms with Crippen LogP contribution in [0.25, 0.3) is 0 Å². The number of carbonyl (C=O) groups is 3. The fraction of sp³-hybridized carbons (Fsp3) is 0.167. The minimum Gasteiger partial charge on any atom is -0.480 e. The number of aromatic carboxylic acids is 1. The molecule has 136 valence electrons. The summed E-state index contributed by atoms with van der Waals surface area (Å²) in [5.74, 6) is -4.76. The number of hydrogen-bond acceptors (Lipinski definition) is 3. The Labute approximate surface area is 147 Å². The van der Waals surface area contributed by atoms with Crippen molar-refractivity contribution in [2.75, 3.05) is 0 Å². The maximum absolute atomic E-state index is 13.1. The van der Waals surface area contributed by atoms with E-state index in [1.165, 1.54) is 24.3 Å². The van der Waals surface area contributed by atoms with Crippen molar-refractivity contribution in [3.63, 3.8) is 0 Å². The van der Waals surface area contributed by atoms with Gasteiger partial charge < -0.3 is 15.5 Å². The number of carboxylic acids is 2. The predicted octanol–water partition coefficient (Wildman–Crippen LogP) is 2.02. The molecule has 0 radical (unpaired) electrons. The summed E-state index contributed by atoms with van der Waals surface area (Å²) in [5.41, 5.74) is 0.646. The van der Waals surface area contributed by atoms with Crippen molar-refractivity contribution in [2.24, 2.45) is 0 Å². The van der Waals surface area contributed by atoms with Crippen LogP contribution in [0, 0.1) is 11.6 Å². The van der Waals surface area contributed by atoms with Crippen LogP contribution in [-0.4, -0.2) is 34.1 Å². The van der Waals surface area contributed by atoms with Crippen molar-refractivity contribution < 1.29 is 33.4 Å². The van der Waals surface area contributed by atoms with Gasteiger partial charge in [-0.05, 0) is 35.4 Å². The van der Waals surface area contributed by atoms with E-state index in [0.717, 1.165) is 12.1 Å². The highest BCUT2D eigenvalue weighted by Crippen LogP contribution is 2.10. The van der Waals surface area contributed by atoms with E-state index in [2.05, 4.69) is 5.32 Å². The van der Waals surface area contributed by atoms with Crippen molar-refractivity contribution in [3.8, 4) is 0 Å². The SMILES string of the molecule is O=C(Cc1cc(F)cc(F)c1)N[C@@H](Cc1ccc(C(=O)O)cc1)C(=O)O. The average molecular weight is 363 g/mol. The lowest BCUT2D eigenvalue weighted by Gasteiger charge is -2.15. The molecule has 1 atom stereocenters. The summed E-state index contributed by atoms with van der Waals surface area (Å²) in [6.07, 6.45) is -0.450. The first kappa shape index (κ1) is 19.0. The van der Waals surface area contributed by atoms with Gasteiger partial charge in [-0.25, -0.2) is 18.4 Å². The molecule has 2 aromatic carbocycles. The molecule has 0 spiro atoms. The van der Waals surface area contributed by atoms with E-state index in [1.54, 1.807) is 0 Å². The Morgan fingerprint density at radius 2 is 1.50 bits per heavy atom. The molecule has 0 saturated carbocycles. The Kier molecular flexibility index (Phi) is 6.00. The normalized spacial score (nSPS) is 11.6. The Balaban J connectivity index is 2.03. The van der Waals surface area contributed by atoms with E-state index >= 15 is 0 Å². The van der Waals surface area contributed by atoms with Crippen molar-refractivity contribution in [3.05, 3.63) is 70.8 Å². The summed E-state index contributed by atoms with van der Waals surface area (Å²) in [6.45, 7) is 0. The van der Waals surface area contributed by atoms with E-state index in [-0.39, 0.29) is 24.0 Å². The summed E-state index contributed by atoms with van der Waals surface area (Å²) < 4.78 is 26.3. The highest BCUT2D eigenvalue weighted by atomic mass is 19.1. The number of benzene rings is 2. The standard InChI is InChI=1S/C18H15F2NO5/c19-13-5-11(6-14(20)9-13)8-16(22)21-15(18(25)26)7-10-1-3-12(4-2-10)17(23)24/h1-6,9,15H,7-8H2,(H,21,22)(H,23,24)(H,25,26)/t15-/m0/s1. The van der Waals surface area contributed by atoms with E-state index in [1.807, 2.05) is 0 Å². The predicted molar refractivity (Wildman–Crippen MR) is 86.7 cm³/mol. The Hall–Kier alpha value is -3.29. The molecule has 26 heavy (non-hydrogen) atoms. The number of halogens is 2. The molecule has 0 aliphatic rings. The summed E-state index contributed by atoms with van der Waals surface area (Å²) in [6, 6.07) is 6.94. The minimum atomic E-state index is -1.29. The minimum absolute atomic E-state index is 0.0535. The third kappa shape index (κ3) is 5.37. The molecule has 0 aromatic heterocycles. The maximum Gasteiger partial charge on any atom is 0.335 e. The number of aliphatic carboxylic acids is 1. The first-order chi connectivity index (χ1) is 12.2. The smallest absolute Gasteiger partial charge is 0.335 e. The lowest BCUT2D eigenvalue weighted by molar-refractivity contribution is -0.141. The van der Waals surface area contributed by atoms with Gasteiger partial charge >= 0.3 is 11.9 Å². The van der Waals surface area contributed by atoms with Crippen molar-refractivity contribution in [1.29, 1.82) is 0 Å². The van der Waals surface area contributed by atoms with E-state index in [0.29, 0.717) is 11.6 Å². The van der Waals surface area contributed by atoms with Gasteiger partial charge in [-0.2, -0.15) is 0 Å². The molecule has 0 heterocycles. The van der Waals surface area contributed by atoms with E-state index in [4.69, 9.17) is 5.11 Å². The van der Waals surface area contributed by atoms with Gasteiger partial charge in [0.15, 0.2) is 0 Å². The number of carbonyl (C=O) groups excluding carboxylic acids is 1. The first-order valence-electron chi connectivity index (χ1n) is 7.54. The first-order valence-corrected chi connectivity index (χ1v) is 7.54. The number of nitrogens with one attached hydrogen (secondary N) is 1. The lowest BCUT2D eigenvalue weighted by Crippen LogP contribution is -2.43. The molecular formula is C18H15F2NO5. The number of carboxylic acid groups (broad SMARTS) is 2. The number of amides is 1. The fourth-order valence-corrected chi connectivity index (χ4v) is 2.36. The van der Waals surface area contributed by atoms with Gasteiger partial charge in [0.2, 0.25) is 5.91 Å². The van der Waals surface area contributed by atoms with Gasteiger partial charge in [0.25, 0.3) is 0 Å². The van der Waals surface area contributed by atoms with Crippen LogP contribution in [0.5, 0.6) is 0 Å². The Bertz CT molecular complexity index is 816. The molecule has 8 heteroatoms. The zero-order valence-corrected chi connectivity index (χ0v) is 13.4. The summed E-state index contributed by atoms with van der Waals surface area (Å²) >= 11 is 0. The van der Waals surface area contributed by atoms with Crippen LogP contribution in [0.1, 0.15) is 21.5 Å². The molecule has 1 amide bonds. The third-order valence-electron chi connectivity index (χ3n) is 3.56. The molecule has 0 saturated heterocycles. The number of rotatable bonds is 7. The van der Waals surface area contributed by atoms with Crippen LogP contribution in [0.4, 0.5) is 8.78 Å². The van der Waals surface area contributed by atoms with E-state index in [9.17, 15) is 28.3 Å². The van der Waals surface area contributed by atoms with Gasteiger partial charge in [0.05, 0.1) is 12.0 Å². The molecule has 2 rings (SSSR count). The van der Waals surface area contributed by atoms with Gasteiger partial charge in [0.1, 0.15) is 17.7 Å². The molecule has 0 aliphatic heterocycles. The van der Waals surface area contributed by atoms with Gasteiger partial charge in [-0.1, -0.05) is 12.1 Å². The van der Waals surface area contributed by atoms with E-state index < -0.39 is 35.5 Å². The fourth-order valence-electron chi connectivity index (χ4n) is 2.36. The molecular weight excluding hydrogens is 348 g/mol. The van der Waals surface area contributed by atoms with Crippen molar-refractivity contribution in [2.45, 2.75) is 18.9 Å². The molecule has 2 aromatic rings. The highest BCUT2D eigenvalue weighted by molar-refractivity contribution is 5.87. The summed E-state index contributed by atoms with van der Waals surface area (Å²) in [5, 5.41) is 20.4. The largest absolute Gasteiger partial charge is 0.480 e. The maximum atomic E-state index is 13.1. The van der Waals surface area contributed by atoms with Crippen LogP contribution in [0.2, 0.25) is 0 Å². The molecule has 0 unspecified atom stereocenters. The van der Waals surface area contributed by atoms with Crippen molar-refractivity contribution in [1.82, 2.24) is 5.32 Å². The van der Waals surface area contributed by atoms with Gasteiger partial charge in [0, 0.05) is 12.5 Å². The van der Waals surface area contributed by atoms with Gasteiger partial charge in [-0.3, -0.25) is 4.79 Å². The van der Waals surface area contributed by atoms with Crippen LogP contribution in [-0.2, 0) is 22.4 Å².